The summed E-state index contributed by atoms with van der Waals surface area (Å²) in [5.74, 6) is 1.10. The summed E-state index contributed by atoms with van der Waals surface area (Å²) in [7, 11) is 1.59. The van der Waals surface area contributed by atoms with E-state index in [-0.39, 0.29) is 0 Å². The van der Waals surface area contributed by atoms with E-state index in [0.717, 1.165) is 21.7 Å². The standard InChI is InChI=1S/C13H12N4O/c1-18-10-5-3-7-8(12(10)14)2-4-9-11(7)13(15)17-6-16-9/h2-6H,14H2,1H3,(H2,15,16,17). The van der Waals surface area contributed by atoms with Gasteiger partial charge < -0.3 is 16.2 Å². The van der Waals surface area contributed by atoms with Crippen LogP contribution in [0.25, 0.3) is 21.7 Å². The van der Waals surface area contributed by atoms with Gasteiger partial charge in [-0.25, -0.2) is 9.97 Å². The molecule has 0 saturated carbocycles. The van der Waals surface area contributed by atoms with Crippen molar-refractivity contribution in [3.8, 4) is 5.75 Å². The first kappa shape index (κ1) is 10.6. The fourth-order valence-corrected chi connectivity index (χ4v) is 2.17. The lowest BCUT2D eigenvalue weighted by molar-refractivity contribution is 0.417. The first-order valence-corrected chi connectivity index (χ1v) is 5.47. The van der Waals surface area contributed by atoms with E-state index in [1.165, 1.54) is 6.33 Å². The number of nitrogens with zero attached hydrogens (tertiary/aromatic N) is 2. The molecule has 0 amide bonds. The van der Waals surface area contributed by atoms with E-state index in [1.54, 1.807) is 7.11 Å². The second-order valence-corrected chi connectivity index (χ2v) is 4.00. The first-order valence-electron chi connectivity index (χ1n) is 5.47. The number of ether oxygens (including phenoxy) is 1. The third kappa shape index (κ3) is 1.34. The summed E-state index contributed by atoms with van der Waals surface area (Å²) in [6, 6.07) is 7.55. The molecule has 3 rings (SSSR count). The number of aromatic nitrogens is 2. The van der Waals surface area contributed by atoms with E-state index in [9.17, 15) is 0 Å². The molecular formula is C13H12N4O. The van der Waals surface area contributed by atoms with Crippen molar-refractivity contribution >= 4 is 33.2 Å². The molecule has 0 bridgehead atoms. The molecule has 0 unspecified atom stereocenters. The predicted molar refractivity (Wildman–Crippen MR) is 72.4 cm³/mol. The minimum absolute atomic E-state index is 0.454. The molecule has 0 fully saturated rings. The van der Waals surface area contributed by atoms with Crippen LogP contribution in [0.2, 0.25) is 0 Å². The maximum atomic E-state index is 6.06. The second-order valence-electron chi connectivity index (χ2n) is 4.00. The van der Waals surface area contributed by atoms with Gasteiger partial charge in [0.05, 0.1) is 23.7 Å². The zero-order valence-corrected chi connectivity index (χ0v) is 9.84. The van der Waals surface area contributed by atoms with Gasteiger partial charge in [0.25, 0.3) is 0 Å². The average molecular weight is 240 g/mol. The first-order chi connectivity index (χ1) is 8.72. The fraction of sp³-hybridized carbons (Fsp3) is 0.0769. The highest BCUT2D eigenvalue weighted by molar-refractivity contribution is 6.14. The van der Waals surface area contributed by atoms with Crippen LogP contribution < -0.4 is 16.2 Å². The Morgan fingerprint density at radius 2 is 1.78 bits per heavy atom. The fourth-order valence-electron chi connectivity index (χ4n) is 2.17. The Labute approximate surface area is 103 Å². The molecule has 2 aromatic carbocycles. The molecule has 0 aliphatic heterocycles. The molecule has 0 atom stereocenters. The zero-order chi connectivity index (χ0) is 12.7. The SMILES string of the molecule is COc1ccc2c(ccc3ncnc(N)c32)c1N. The van der Waals surface area contributed by atoms with Crippen LogP contribution in [0.1, 0.15) is 0 Å². The Kier molecular flexibility index (Phi) is 2.19. The molecule has 1 aromatic heterocycles. The molecule has 3 aromatic rings. The second kappa shape index (κ2) is 3.73. The normalized spacial score (nSPS) is 10.9. The Bertz CT molecular complexity index is 755. The molecule has 4 N–H and O–H groups in total. The summed E-state index contributed by atoms with van der Waals surface area (Å²) in [6.07, 6.45) is 1.45. The zero-order valence-electron chi connectivity index (χ0n) is 9.84. The number of rotatable bonds is 1. The minimum atomic E-state index is 0.454. The number of fused-ring (bicyclic) bond motifs is 3. The van der Waals surface area contributed by atoms with E-state index in [0.29, 0.717) is 17.3 Å². The molecule has 0 aliphatic carbocycles. The van der Waals surface area contributed by atoms with Crippen molar-refractivity contribution in [3.05, 3.63) is 30.6 Å². The molecule has 0 aliphatic rings. The van der Waals surface area contributed by atoms with Crippen LogP contribution in [-0.2, 0) is 0 Å². The van der Waals surface area contributed by atoms with Gasteiger partial charge in [-0.1, -0.05) is 0 Å². The molecule has 5 heteroatoms. The van der Waals surface area contributed by atoms with Gasteiger partial charge in [-0.15, -0.1) is 0 Å². The van der Waals surface area contributed by atoms with Gasteiger partial charge >= 0.3 is 0 Å². The van der Waals surface area contributed by atoms with Crippen LogP contribution in [0.5, 0.6) is 5.75 Å². The largest absolute Gasteiger partial charge is 0.495 e. The van der Waals surface area contributed by atoms with Gasteiger partial charge in [-0.2, -0.15) is 0 Å². The number of hydrogen-bond acceptors (Lipinski definition) is 5. The molecule has 5 nitrogen and oxygen atoms in total. The molecule has 1 heterocycles. The van der Waals surface area contributed by atoms with Crippen molar-refractivity contribution in [3.63, 3.8) is 0 Å². The van der Waals surface area contributed by atoms with Crippen molar-refractivity contribution in [2.45, 2.75) is 0 Å². The number of hydrogen-bond donors (Lipinski definition) is 2. The summed E-state index contributed by atoms with van der Waals surface area (Å²) >= 11 is 0. The van der Waals surface area contributed by atoms with Crippen molar-refractivity contribution in [1.82, 2.24) is 9.97 Å². The molecule has 0 spiro atoms. The van der Waals surface area contributed by atoms with Crippen LogP contribution >= 0.6 is 0 Å². The number of nitrogens with two attached hydrogens (primary N) is 2. The number of nitrogen functional groups attached to an aromatic ring is 2. The average Bonchev–Trinajstić information content (AvgIpc) is 2.39. The Hall–Kier alpha value is -2.56. The van der Waals surface area contributed by atoms with E-state index >= 15 is 0 Å². The number of benzene rings is 2. The quantitative estimate of drug-likeness (QED) is 0.501. The topological polar surface area (TPSA) is 87.0 Å². The van der Waals surface area contributed by atoms with Gasteiger partial charge in [-0.3, -0.25) is 0 Å². The smallest absolute Gasteiger partial charge is 0.142 e. The summed E-state index contributed by atoms with van der Waals surface area (Å²) in [4.78, 5) is 8.23. The summed E-state index contributed by atoms with van der Waals surface area (Å²) in [5.41, 5.74) is 13.4. The Morgan fingerprint density at radius 3 is 2.56 bits per heavy atom. The monoisotopic (exact) mass is 240 g/mol. The number of anilines is 2. The van der Waals surface area contributed by atoms with E-state index in [4.69, 9.17) is 16.2 Å². The molecule has 0 radical (unpaired) electrons. The minimum Gasteiger partial charge on any atom is -0.495 e. The van der Waals surface area contributed by atoms with Gasteiger partial charge in [0, 0.05) is 5.39 Å². The Morgan fingerprint density at radius 1 is 1.00 bits per heavy atom. The highest BCUT2D eigenvalue weighted by Gasteiger charge is 2.10. The van der Waals surface area contributed by atoms with Crippen LogP contribution in [-0.4, -0.2) is 17.1 Å². The lowest BCUT2D eigenvalue weighted by Crippen LogP contribution is -1.97. The lowest BCUT2D eigenvalue weighted by Gasteiger charge is -2.10. The van der Waals surface area contributed by atoms with Crippen molar-refractivity contribution in [2.24, 2.45) is 0 Å². The summed E-state index contributed by atoms with van der Waals surface area (Å²) in [6.45, 7) is 0. The van der Waals surface area contributed by atoms with Crippen molar-refractivity contribution in [1.29, 1.82) is 0 Å². The molecular weight excluding hydrogens is 228 g/mol. The summed E-state index contributed by atoms with van der Waals surface area (Å²) < 4.78 is 5.21. The number of methoxy groups -OCH3 is 1. The third-order valence-electron chi connectivity index (χ3n) is 3.05. The van der Waals surface area contributed by atoms with Crippen LogP contribution in [0.4, 0.5) is 11.5 Å². The summed E-state index contributed by atoms with van der Waals surface area (Å²) in [5, 5.41) is 2.65. The van der Waals surface area contributed by atoms with Crippen LogP contribution in [0, 0.1) is 0 Å². The Balaban J connectivity index is 2.53. The predicted octanol–water partition coefficient (Wildman–Crippen LogP) is 1.96. The van der Waals surface area contributed by atoms with Gasteiger partial charge in [0.1, 0.15) is 17.9 Å². The third-order valence-corrected chi connectivity index (χ3v) is 3.05. The van der Waals surface area contributed by atoms with E-state index < -0.39 is 0 Å². The highest BCUT2D eigenvalue weighted by Crippen LogP contribution is 2.35. The van der Waals surface area contributed by atoms with E-state index in [2.05, 4.69) is 9.97 Å². The van der Waals surface area contributed by atoms with Crippen LogP contribution in [0.15, 0.2) is 30.6 Å². The molecule has 18 heavy (non-hydrogen) atoms. The van der Waals surface area contributed by atoms with Gasteiger partial charge in [0.2, 0.25) is 0 Å². The van der Waals surface area contributed by atoms with Gasteiger partial charge in [0.15, 0.2) is 0 Å². The van der Waals surface area contributed by atoms with Gasteiger partial charge in [-0.05, 0) is 29.7 Å². The maximum absolute atomic E-state index is 6.06. The maximum Gasteiger partial charge on any atom is 0.142 e. The van der Waals surface area contributed by atoms with Crippen molar-refractivity contribution < 1.29 is 4.74 Å². The lowest BCUT2D eigenvalue weighted by atomic mass is 10.0. The molecule has 90 valence electrons. The van der Waals surface area contributed by atoms with E-state index in [1.807, 2.05) is 24.3 Å². The highest BCUT2D eigenvalue weighted by atomic mass is 16.5. The van der Waals surface area contributed by atoms with Crippen LogP contribution in [0.3, 0.4) is 0 Å². The molecule has 0 saturated heterocycles. The van der Waals surface area contributed by atoms with Crippen molar-refractivity contribution in [2.75, 3.05) is 18.6 Å².